The van der Waals surface area contributed by atoms with Crippen LogP contribution >= 0.6 is 35.0 Å². The van der Waals surface area contributed by atoms with E-state index in [0.29, 0.717) is 10.3 Å². The Morgan fingerprint density at radius 2 is 2.00 bits per heavy atom. The maximum atomic E-state index is 6.45. The fourth-order valence-corrected chi connectivity index (χ4v) is 4.63. The molecule has 1 aromatic carbocycles. The van der Waals surface area contributed by atoms with Gasteiger partial charge in [-0.3, -0.25) is 0 Å². The lowest BCUT2D eigenvalue weighted by molar-refractivity contribution is 0.632. The third kappa shape index (κ3) is 6.70. The quantitative estimate of drug-likeness (QED) is 0.387. The number of nitrogens with zero attached hydrogens (tertiary/aromatic N) is 2. The predicted octanol–water partition coefficient (Wildman–Crippen LogP) is 7.02. The standard InChI is InChI=1S/C19H26Cl2N2S/c1-2-3-4-5-6-13-24-19(9-11-23-12-10-22-15-23)17-8-7-16(20)14-18(17)21/h7-8,10,12,14-15,19H,2-6,9,11,13H2,1H3. The lowest BCUT2D eigenvalue weighted by Crippen LogP contribution is -2.03. The molecule has 0 aliphatic rings. The van der Waals surface area contributed by atoms with Crippen LogP contribution in [0.15, 0.2) is 36.9 Å². The van der Waals surface area contributed by atoms with Crippen molar-refractivity contribution in [3.05, 3.63) is 52.5 Å². The molecule has 132 valence electrons. The van der Waals surface area contributed by atoms with Crippen LogP contribution < -0.4 is 0 Å². The summed E-state index contributed by atoms with van der Waals surface area (Å²) in [6.07, 6.45) is 13.3. The summed E-state index contributed by atoms with van der Waals surface area (Å²) in [5.41, 5.74) is 1.19. The van der Waals surface area contributed by atoms with Crippen molar-refractivity contribution in [1.82, 2.24) is 9.55 Å². The van der Waals surface area contributed by atoms with Crippen LogP contribution in [0.2, 0.25) is 10.0 Å². The van der Waals surface area contributed by atoms with E-state index in [-0.39, 0.29) is 0 Å². The fraction of sp³-hybridized carbons (Fsp3) is 0.526. The van der Waals surface area contributed by atoms with Gasteiger partial charge in [0.05, 0.1) is 6.33 Å². The number of imidazole rings is 1. The molecule has 0 saturated heterocycles. The molecule has 24 heavy (non-hydrogen) atoms. The molecule has 0 saturated carbocycles. The van der Waals surface area contributed by atoms with Gasteiger partial charge >= 0.3 is 0 Å². The van der Waals surface area contributed by atoms with E-state index < -0.39 is 0 Å². The van der Waals surface area contributed by atoms with E-state index in [1.54, 1.807) is 0 Å². The van der Waals surface area contributed by atoms with E-state index in [0.717, 1.165) is 18.0 Å². The van der Waals surface area contributed by atoms with Crippen molar-refractivity contribution in [2.24, 2.45) is 0 Å². The Morgan fingerprint density at radius 3 is 2.71 bits per heavy atom. The smallest absolute Gasteiger partial charge is 0.0945 e. The highest BCUT2D eigenvalue weighted by atomic mass is 35.5. The van der Waals surface area contributed by atoms with Gasteiger partial charge in [-0.25, -0.2) is 4.98 Å². The normalized spacial score (nSPS) is 12.5. The van der Waals surface area contributed by atoms with E-state index in [1.165, 1.54) is 43.4 Å². The number of halogens is 2. The molecule has 2 rings (SSSR count). The Morgan fingerprint density at radius 1 is 1.17 bits per heavy atom. The van der Waals surface area contributed by atoms with Crippen molar-refractivity contribution in [3.63, 3.8) is 0 Å². The van der Waals surface area contributed by atoms with Gasteiger partial charge < -0.3 is 4.57 Å². The maximum absolute atomic E-state index is 6.45. The minimum absolute atomic E-state index is 0.392. The van der Waals surface area contributed by atoms with E-state index >= 15 is 0 Å². The van der Waals surface area contributed by atoms with Crippen LogP contribution in [0, 0.1) is 0 Å². The molecule has 0 aliphatic carbocycles. The predicted molar refractivity (Wildman–Crippen MR) is 107 cm³/mol. The second-order valence-corrected chi connectivity index (χ2v) is 8.18. The van der Waals surface area contributed by atoms with Crippen molar-refractivity contribution in [3.8, 4) is 0 Å². The number of aromatic nitrogens is 2. The van der Waals surface area contributed by atoms with Gasteiger partial charge in [0, 0.05) is 34.2 Å². The summed E-state index contributed by atoms with van der Waals surface area (Å²) in [5.74, 6) is 1.18. The van der Waals surface area contributed by atoms with E-state index in [1.807, 2.05) is 42.6 Å². The first kappa shape index (κ1) is 19.7. The van der Waals surface area contributed by atoms with Gasteiger partial charge in [-0.2, -0.15) is 11.8 Å². The molecule has 1 aromatic heterocycles. The Labute approximate surface area is 160 Å². The Balaban J connectivity index is 1.92. The summed E-state index contributed by atoms with van der Waals surface area (Å²) < 4.78 is 2.12. The van der Waals surface area contributed by atoms with Crippen LogP contribution in [-0.2, 0) is 6.54 Å². The summed E-state index contributed by atoms with van der Waals surface area (Å²) in [4.78, 5) is 4.12. The Bertz CT molecular complexity index is 587. The Kier molecular flexibility index (Phi) is 9.08. The third-order valence-corrected chi connectivity index (χ3v) is 6.06. The lowest BCUT2D eigenvalue weighted by atomic mass is 10.1. The molecule has 0 spiro atoms. The van der Waals surface area contributed by atoms with Gasteiger partial charge in [-0.05, 0) is 36.3 Å². The van der Waals surface area contributed by atoms with Crippen molar-refractivity contribution < 1.29 is 0 Å². The molecule has 0 fully saturated rings. The highest BCUT2D eigenvalue weighted by Gasteiger charge is 2.16. The van der Waals surface area contributed by atoms with Gasteiger partial charge in [0.25, 0.3) is 0 Å². The highest BCUT2D eigenvalue weighted by Crippen LogP contribution is 2.38. The monoisotopic (exact) mass is 384 g/mol. The number of hydrogen-bond donors (Lipinski definition) is 0. The molecule has 1 atom stereocenters. The number of unbranched alkanes of at least 4 members (excludes halogenated alkanes) is 4. The largest absolute Gasteiger partial charge is 0.337 e. The second kappa shape index (κ2) is 11.1. The fourth-order valence-electron chi connectivity index (χ4n) is 2.71. The number of thioether (sulfide) groups is 1. The topological polar surface area (TPSA) is 17.8 Å². The molecule has 0 N–H and O–H groups in total. The average molecular weight is 385 g/mol. The van der Waals surface area contributed by atoms with Crippen LogP contribution in [0.3, 0.4) is 0 Å². The minimum Gasteiger partial charge on any atom is -0.337 e. The van der Waals surface area contributed by atoms with Crippen LogP contribution in [0.25, 0.3) is 0 Å². The first-order chi connectivity index (χ1) is 11.7. The van der Waals surface area contributed by atoms with Crippen LogP contribution in [0.5, 0.6) is 0 Å². The van der Waals surface area contributed by atoms with E-state index in [2.05, 4.69) is 22.5 Å². The van der Waals surface area contributed by atoms with Crippen molar-refractivity contribution in [2.45, 2.75) is 57.2 Å². The molecule has 2 aromatic rings. The first-order valence-corrected chi connectivity index (χ1v) is 10.5. The number of hydrogen-bond acceptors (Lipinski definition) is 2. The lowest BCUT2D eigenvalue weighted by Gasteiger charge is -2.19. The zero-order valence-electron chi connectivity index (χ0n) is 14.3. The van der Waals surface area contributed by atoms with Crippen molar-refractivity contribution >= 4 is 35.0 Å². The highest BCUT2D eigenvalue weighted by molar-refractivity contribution is 7.99. The number of benzene rings is 1. The Hall–Kier alpha value is -0.640. The van der Waals surface area contributed by atoms with Crippen molar-refractivity contribution in [1.29, 1.82) is 0 Å². The molecule has 0 aliphatic heterocycles. The molecule has 0 radical (unpaired) electrons. The van der Waals surface area contributed by atoms with Gasteiger partial charge in [-0.15, -0.1) is 0 Å². The summed E-state index contributed by atoms with van der Waals surface area (Å²) in [7, 11) is 0. The first-order valence-electron chi connectivity index (χ1n) is 8.73. The van der Waals surface area contributed by atoms with Gasteiger partial charge in [0.2, 0.25) is 0 Å². The molecular weight excluding hydrogens is 359 g/mol. The molecule has 0 amide bonds. The second-order valence-electron chi connectivity index (χ2n) is 6.03. The van der Waals surface area contributed by atoms with Crippen LogP contribution in [-0.4, -0.2) is 15.3 Å². The summed E-state index contributed by atoms with van der Waals surface area (Å²) in [5, 5.41) is 1.86. The van der Waals surface area contributed by atoms with Crippen LogP contribution in [0.4, 0.5) is 0 Å². The number of rotatable bonds is 11. The van der Waals surface area contributed by atoms with Crippen LogP contribution in [0.1, 0.15) is 56.3 Å². The maximum Gasteiger partial charge on any atom is 0.0945 e. The molecule has 2 nitrogen and oxygen atoms in total. The molecule has 5 heteroatoms. The summed E-state index contributed by atoms with van der Waals surface area (Å²) >= 11 is 14.5. The summed E-state index contributed by atoms with van der Waals surface area (Å²) in [6, 6.07) is 5.87. The van der Waals surface area contributed by atoms with Crippen molar-refractivity contribution in [2.75, 3.05) is 5.75 Å². The van der Waals surface area contributed by atoms with Gasteiger partial charge in [-0.1, -0.05) is 61.9 Å². The van der Waals surface area contributed by atoms with Gasteiger partial charge in [0.15, 0.2) is 0 Å². The van der Waals surface area contributed by atoms with E-state index in [4.69, 9.17) is 23.2 Å². The van der Waals surface area contributed by atoms with Gasteiger partial charge in [0.1, 0.15) is 0 Å². The molecule has 0 bridgehead atoms. The molecular formula is C19H26Cl2N2S. The number of aryl methyl sites for hydroxylation is 1. The molecule has 1 unspecified atom stereocenters. The SMILES string of the molecule is CCCCCCCSC(CCn1ccnc1)c1ccc(Cl)cc1Cl. The molecule has 1 heterocycles. The minimum atomic E-state index is 0.392. The van der Waals surface area contributed by atoms with E-state index in [9.17, 15) is 0 Å². The third-order valence-electron chi connectivity index (χ3n) is 4.08. The average Bonchev–Trinajstić information content (AvgIpc) is 3.07. The zero-order chi connectivity index (χ0) is 17.2. The summed E-state index contributed by atoms with van der Waals surface area (Å²) in [6.45, 7) is 3.20. The zero-order valence-corrected chi connectivity index (χ0v) is 16.6.